The fourth-order valence-electron chi connectivity index (χ4n) is 4.88. The molecule has 0 unspecified atom stereocenters. The van der Waals surface area contributed by atoms with Crippen LogP contribution >= 0.6 is 0 Å². The molecular formula is C28H19N3. The topological polar surface area (TPSA) is 60.8 Å². The van der Waals surface area contributed by atoms with E-state index in [0.717, 1.165) is 43.6 Å². The van der Waals surface area contributed by atoms with Gasteiger partial charge in [0.15, 0.2) is 0 Å². The van der Waals surface area contributed by atoms with Crippen LogP contribution in [-0.4, -0.2) is 9.97 Å². The van der Waals surface area contributed by atoms with Crippen LogP contribution in [0.25, 0.3) is 65.2 Å². The molecule has 7 aromatic rings. The summed E-state index contributed by atoms with van der Waals surface area (Å²) in [7, 11) is 0. The zero-order chi connectivity index (χ0) is 19.7. The molecule has 0 amide bonds. The highest BCUT2D eigenvalue weighted by atomic mass is 14.8. The van der Waals surface area contributed by atoms with Gasteiger partial charge in [-0.2, -0.15) is 0 Å². The van der Waals surface area contributed by atoms with Gasteiger partial charge < -0.3 is 6.15 Å². The van der Waals surface area contributed by atoms with E-state index < -0.39 is 0 Å². The molecule has 0 aliphatic rings. The molecule has 0 bridgehead atoms. The van der Waals surface area contributed by atoms with Gasteiger partial charge in [-0.3, -0.25) is 0 Å². The highest BCUT2D eigenvalue weighted by Crippen LogP contribution is 2.38. The van der Waals surface area contributed by atoms with Gasteiger partial charge in [-0.25, -0.2) is 9.97 Å². The molecule has 3 nitrogen and oxygen atoms in total. The third-order valence-electron chi connectivity index (χ3n) is 6.20. The third-order valence-corrected chi connectivity index (χ3v) is 6.20. The SMILES string of the molecule is N.c1ccc2c(c1)c1ccccc1c1nc3c4ccccc4c4ccccc4c3nc21. The van der Waals surface area contributed by atoms with Crippen LogP contribution in [0.2, 0.25) is 0 Å². The van der Waals surface area contributed by atoms with Crippen molar-refractivity contribution >= 4 is 65.2 Å². The molecule has 0 atom stereocenters. The number of rotatable bonds is 0. The molecule has 1 heterocycles. The first-order valence-corrected chi connectivity index (χ1v) is 10.2. The monoisotopic (exact) mass is 397 g/mol. The molecule has 3 heteroatoms. The second-order valence-corrected chi connectivity index (χ2v) is 7.80. The normalized spacial score (nSPS) is 11.6. The number of nitrogens with zero attached hydrogens (tertiary/aromatic N) is 2. The Labute approximate surface area is 178 Å². The van der Waals surface area contributed by atoms with Crippen molar-refractivity contribution in [2.75, 3.05) is 0 Å². The summed E-state index contributed by atoms with van der Waals surface area (Å²) in [5.41, 5.74) is 3.88. The summed E-state index contributed by atoms with van der Waals surface area (Å²) in [6.07, 6.45) is 0. The Kier molecular flexibility index (Phi) is 3.70. The second-order valence-electron chi connectivity index (χ2n) is 7.80. The molecule has 7 rings (SSSR count). The van der Waals surface area contributed by atoms with E-state index in [-0.39, 0.29) is 6.15 Å². The van der Waals surface area contributed by atoms with Gasteiger partial charge in [-0.1, -0.05) is 97.1 Å². The van der Waals surface area contributed by atoms with E-state index in [1.165, 1.54) is 21.5 Å². The van der Waals surface area contributed by atoms with E-state index in [1.807, 2.05) is 0 Å². The predicted octanol–water partition coefficient (Wildman–Crippen LogP) is 7.56. The van der Waals surface area contributed by atoms with Crippen molar-refractivity contribution in [3.63, 3.8) is 0 Å². The van der Waals surface area contributed by atoms with Gasteiger partial charge in [-0.15, -0.1) is 0 Å². The number of aromatic nitrogens is 2. The summed E-state index contributed by atoms with van der Waals surface area (Å²) >= 11 is 0. The zero-order valence-electron chi connectivity index (χ0n) is 16.8. The lowest BCUT2D eigenvalue weighted by atomic mass is 9.97. The van der Waals surface area contributed by atoms with Crippen LogP contribution in [0.3, 0.4) is 0 Å². The smallest absolute Gasteiger partial charge is 0.0979 e. The maximum atomic E-state index is 5.27. The first-order valence-electron chi connectivity index (χ1n) is 10.2. The molecule has 146 valence electrons. The molecule has 0 saturated carbocycles. The summed E-state index contributed by atoms with van der Waals surface area (Å²) < 4.78 is 0. The van der Waals surface area contributed by atoms with E-state index >= 15 is 0 Å². The Morgan fingerprint density at radius 3 is 0.710 bits per heavy atom. The molecule has 0 saturated heterocycles. The lowest BCUT2D eigenvalue weighted by molar-refractivity contribution is 1.44. The molecular weight excluding hydrogens is 378 g/mol. The minimum atomic E-state index is 0. The van der Waals surface area contributed by atoms with Crippen LogP contribution in [0.5, 0.6) is 0 Å². The fraction of sp³-hybridized carbons (Fsp3) is 0. The highest BCUT2D eigenvalue weighted by Gasteiger charge is 2.15. The molecule has 6 aromatic carbocycles. The van der Waals surface area contributed by atoms with E-state index in [4.69, 9.17) is 9.97 Å². The van der Waals surface area contributed by atoms with E-state index in [9.17, 15) is 0 Å². The molecule has 31 heavy (non-hydrogen) atoms. The molecule has 1 aromatic heterocycles. The minimum Gasteiger partial charge on any atom is -0.344 e. The van der Waals surface area contributed by atoms with Crippen LogP contribution in [-0.2, 0) is 0 Å². The minimum absolute atomic E-state index is 0. The maximum Gasteiger partial charge on any atom is 0.0979 e. The Hall–Kier alpha value is -4.08. The van der Waals surface area contributed by atoms with E-state index in [2.05, 4.69) is 97.1 Å². The standard InChI is InChI=1S/C28H16N2.H3N/c1-5-13-21-17(9-1)18-10-2-6-14-22(18)26-25(21)29-27-23-15-7-3-11-19(23)20-12-4-8-16-24(20)28(27)30-26;/h1-16H;1H3. The summed E-state index contributed by atoms with van der Waals surface area (Å²) in [5, 5.41) is 9.49. The van der Waals surface area contributed by atoms with Crippen molar-refractivity contribution < 1.29 is 0 Å². The fourth-order valence-corrected chi connectivity index (χ4v) is 4.88. The van der Waals surface area contributed by atoms with Crippen molar-refractivity contribution in [1.82, 2.24) is 16.1 Å². The van der Waals surface area contributed by atoms with Crippen molar-refractivity contribution in [1.29, 1.82) is 0 Å². The van der Waals surface area contributed by atoms with Gasteiger partial charge in [0.1, 0.15) is 0 Å². The summed E-state index contributed by atoms with van der Waals surface area (Å²) in [4.78, 5) is 10.5. The number of fused-ring (bicyclic) bond motifs is 12. The van der Waals surface area contributed by atoms with Gasteiger partial charge in [-0.05, 0) is 21.5 Å². The largest absolute Gasteiger partial charge is 0.344 e. The first-order chi connectivity index (χ1) is 14.9. The molecule has 3 N–H and O–H groups in total. The Balaban J connectivity index is 0.00000185. The lowest BCUT2D eigenvalue weighted by Gasteiger charge is -2.13. The lowest BCUT2D eigenvalue weighted by Crippen LogP contribution is -1.93. The zero-order valence-corrected chi connectivity index (χ0v) is 16.8. The molecule has 0 aliphatic carbocycles. The Bertz CT molecular complexity index is 1540. The van der Waals surface area contributed by atoms with Crippen molar-refractivity contribution in [3.8, 4) is 0 Å². The van der Waals surface area contributed by atoms with Gasteiger partial charge in [0.2, 0.25) is 0 Å². The van der Waals surface area contributed by atoms with Crippen molar-refractivity contribution in [2.24, 2.45) is 0 Å². The van der Waals surface area contributed by atoms with Crippen LogP contribution in [0.1, 0.15) is 0 Å². The van der Waals surface area contributed by atoms with Crippen LogP contribution in [0.4, 0.5) is 0 Å². The van der Waals surface area contributed by atoms with Gasteiger partial charge in [0, 0.05) is 21.5 Å². The molecule has 0 spiro atoms. The van der Waals surface area contributed by atoms with Gasteiger partial charge >= 0.3 is 0 Å². The summed E-state index contributed by atoms with van der Waals surface area (Å²) in [5.74, 6) is 0. The number of hydrogen-bond acceptors (Lipinski definition) is 3. The first kappa shape index (κ1) is 17.8. The summed E-state index contributed by atoms with van der Waals surface area (Å²) in [6, 6.07) is 34.1. The van der Waals surface area contributed by atoms with Crippen LogP contribution in [0, 0.1) is 0 Å². The Morgan fingerprint density at radius 1 is 0.290 bits per heavy atom. The highest BCUT2D eigenvalue weighted by molar-refractivity contribution is 6.28. The average Bonchev–Trinajstić information content (AvgIpc) is 2.83. The molecule has 0 radical (unpaired) electrons. The van der Waals surface area contributed by atoms with Crippen molar-refractivity contribution in [3.05, 3.63) is 97.1 Å². The average molecular weight is 397 g/mol. The summed E-state index contributed by atoms with van der Waals surface area (Å²) in [6.45, 7) is 0. The number of benzene rings is 6. The quantitative estimate of drug-likeness (QED) is 0.212. The number of hydrogen-bond donors (Lipinski definition) is 1. The van der Waals surface area contributed by atoms with Gasteiger partial charge in [0.25, 0.3) is 0 Å². The van der Waals surface area contributed by atoms with E-state index in [1.54, 1.807) is 0 Å². The molecule has 0 fully saturated rings. The van der Waals surface area contributed by atoms with Crippen molar-refractivity contribution in [2.45, 2.75) is 0 Å². The van der Waals surface area contributed by atoms with Gasteiger partial charge in [0.05, 0.1) is 22.1 Å². The van der Waals surface area contributed by atoms with E-state index in [0.29, 0.717) is 0 Å². The van der Waals surface area contributed by atoms with Crippen LogP contribution < -0.4 is 6.15 Å². The molecule has 0 aliphatic heterocycles. The predicted molar refractivity (Wildman–Crippen MR) is 132 cm³/mol. The maximum absolute atomic E-state index is 5.27. The van der Waals surface area contributed by atoms with Crippen LogP contribution in [0.15, 0.2) is 97.1 Å². The Morgan fingerprint density at radius 2 is 0.484 bits per heavy atom. The second kappa shape index (κ2) is 6.46. The third kappa shape index (κ3) is 2.32.